The number of methoxy groups -OCH3 is 1. The minimum Gasteiger partial charge on any atom is -0.504 e. The lowest BCUT2D eigenvalue weighted by atomic mass is 9.97. The highest BCUT2D eigenvalue weighted by Gasteiger charge is 2.21. The molecule has 0 aliphatic carbocycles. The molecule has 3 aromatic rings. The maximum Gasteiger partial charge on any atom is 0.329 e. The summed E-state index contributed by atoms with van der Waals surface area (Å²) in [6.07, 6.45) is 0.673. The summed E-state index contributed by atoms with van der Waals surface area (Å²) in [6, 6.07) is 9.65. The largest absolute Gasteiger partial charge is 0.504 e. The molecule has 29 heavy (non-hydrogen) atoms. The molecule has 0 spiro atoms. The van der Waals surface area contributed by atoms with Crippen molar-refractivity contribution in [3.63, 3.8) is 0 Å². The lowest BCUT2D eigenvalue weighted by Gasteiger charge is -2.23. The van der Waals surface area contributed by atoms with Crippen LogP contribution in [0.3, 0.4) is 0 Å². The van der Waals surface area contributed by atoms with E-state index in [1.165, 1.54) is 12.7 Å². The van der Waals surface area contributed by atoms with Gasteiger partial charge in [0.25, 0.3) is 0 Å². The van der Waals surface area contributed by atoms with Gasteiger partial charge in [0, 0.05) is 25.2 Å². The van der Waals surface area contributed by atoms with Gasteiger partial charge in [0.2, 0.25) is 0 Å². The highest BCUT2D eigenvalue weighted by Crippen LogP contribution is 2.36. The average molecular weight is 391 g/mol. The highest BCUT2D eigenvalue weighted by molar-refractivity contribution is 5.69. The number of phenols is 1. The van der Waals surface area contributed by atoms with Gasteiger partial charge >= 0.3 is 5.69 Å². The summed E-state index contributed by atoms with van der Waals surface area (Å²) in [6.45, 7) is 6.69. The second-order valence-electron chi connectivity index (χ2n) is 7.67. The zero-order valence-corrected chi connectivity index (χ0v) is 17.4. The first kappa shape index (κ1) is 19.1. The molecule has 6 nitrogen and oxygen atoms in total. The molecule has 1 aliphatic rings. The first-order chi connectivity index (χ1) is 13.8. The van der Waals surface area contributed by atoms with Crippen molar-refractivity contribution in [2.75, 3.05) is 7.11 Å². The molecule has 1 N–H and O–H groups in total. The van der Waals surface area contributed by atoms with E-state index in [1.807, 2.05) is 19.9 Å². The fourth-order valence-corrected chi connectivity index (χ4v) is 4.14. The molecule has 4 rings (SSSR count). The maximum absolute atomic E-state index is 13.1. The number of benzene rings is 2. The molecular formula is C23H25N3O3. The van der Waals surface area contributed by atoms with Gasteiger partial charge in [0.15, 0.2) is 11.5 Å². The molecule has 6 heteroatoms. The van der Waals surface area contributed by atoms with Crippen molar-refractivity contribution in [1.82, 2.24) is 9.13 Å². The predicted molar refractivity (Wildman–Crippen MR) is 113 cm³/mol. The van der Waals surface area contributed by atoms with Crippen LogP contribution in [0.4, 0.5) is 5.69 Å². The third kappa shape index (κ3) is 3.14. The number of aromatic hydroxyl groups is 1. The Kier molecular flexibility index (Phi) is 4.57. The van der Waals surface area contributed by atoms with Gasteiger partial charge < -0.3 is 9.84 Å². The SMILES string of the molecule is COc1cc2c(cc1O)CCn1c-2cc(=Nc2c(C)cc(C)cc2C)n(C)c1=O. The van der Waals surface area contributed by atoms with Crippen LogP contribution in [0.5, 0.6) is 11.5 Å². The second kappa shape index (κ2) is 6.95. The van der Waals surface area contributed by atoms with E-state index in [-0.39, 0.29) is 11.4 Å². The van der Waals surface area contributed by atoms with Gasteiger partial charge in [-0.1, -0.05) is 17.7 Å². The first-order valence-electron chi connectivity index (χ1n) is 9.64. The van der Waals surface area contributed by atoms with Crippen molar-refractivity contribution in [1.29, 1.82) is 0 Å². The molecule has 0 amide bonds. The fourth-order valence-electron chi connectivity index (χ4n) is 4.14. The predicted octanol–water partition coefficient (Wildman–Crippen LogP) is 3.28. The Balaban J connectivity index is 2.01. The molecule has 2 heterocycles. The molecule has 0 saturated carbocycles. The van der Waals surface area contributed by atoms with Crippen molar-refractivity contribution in [3.05, 3.63) is 68.6 Å². The van der Waals surface area contributed by atoms with E-state index in [9.17, 15) is 9.90 Å². The Morgan fingerprint density at radius 2 is 1.76 bits per heavy atom. The number of aromatic nitrogens is 2. The minimum atomic E-state index is -0.110. The van der Waals surface area contributed by atoms with Crippen molar-refractivity contribution in [3.8, 4) is 22.8 Å². The van der Waals surface area contributed by atoms with Crippen molar-refractivity contribution in [2.45, 2.75) is 33.7 Å². The number of rotatable bonds is 2. The second-order valence-corrected chi connectivity index (χ2v) is 7.67. The average Bonchev–Trinajstić information content (AvgIpc) is 2.67. The molecule has 0 saturated heterocycles. The van der Waals surface area contributed by atoms with E-state index in [0.29, 0.717) is 24.2 Å². The number of ether oxygens (including phenoxy) is 1. The summed E-state index contributed by atoms with van der Waals surface area (Å²) in [5, 5.41) is 10.1. The van der Waals surface area contributed by atoms with Crippen LogP contribution in [-0.2, 0) is 20.0 Å². The first-order valence-corrected chi connectivity index (χ1v) is 9.64. The molecule has 0 bridgehead atoms. The summed E-state index contributed by atoms with van der Waals surface area (Å²) in [5.41, 5.74) is 7.37. The lowest BCUT2D eigenvalue weighted by Crippen LogP contribution is -2.40. The molecule has 1 aromatic heterocycles. The standard InChI is InChI=1S/C23H25N3O3/c1-13-8-14(2)22(15(3)9-13)24-21-12-18-17-11-20(29-5)19(27)10-16(17)6-7-26(18)23(28)25(21)4/h8-12,27H,6-7H2,1-5H3. The number of nitrogens with zero attached hydrogens (tertiary/aromatic N) is 3. The van der Waals surface area contributed by atoms with Crippen LogP contribution < -0.4 is 15.9 Å². The molecule has 0 fully saturated rings. The lowest BCUT2D eigenvalue weighted by molar-refractivity contribution is 0.373. The van der Waals surface area contributed by atoms with Crippen LogP contribution in [0.2, 0.25) is 0 Å². The topological polar surface area (TPSA) is 68.8 Å². The maximum atomic E-state index is 13.1. The van der Waals surface area contributed by atoms with Gasteiger partial charge in [-0.25, -0.2) is 9.79 Å². The molecule has 2 aromatic carbocycles. The third-order valence-corrected chi connectivity index (χ3v) is 5.57. The number of fused-ring (bicyclic) bond motifs is 3. The van der Waals surface area contributed by atoms with E-state index in [4.69, 9.17) is 9.73 Å². The Bertz CT molecular complexity index is 1240. The Morgan fingerprint density at radius 3 is 2.41 bits per heavy atom. The summed E-state index contributed by atoms with van der Waals surface area (Å²) < 4.78 is 8.63. The zero-order valence-electron chi connectivity index (χ0n) is 17.4. The molecule has 150 valence electrons. The van der Waals surface area contributed by atoms with Crippen molar-refractivity contribution in [2.24, 2.45) is 12.0 Å². The smallest absolute Gasteiger partial charge is 0.329 e. The molecule has 0 atom stereocenters. The number of aryl methyl sites for hydroxylation is 4. The number of phenolic OH excluding ortho intramolecular Hbond substituents is 1. The van der Waals surface area contributed by atoms with E-state index >= 15 is 0 Å². The highest BCUT2D eigenvalue weighted by atomic mass is 16.5. The minimum absolute atomic E-state index is 0.110. The normalized spacial score (nSPS) is 13.2. The van der Waals surface area contributed by atoms with Crippen LogP contribution in [0.1, 0.15) is 22.3 Å². The van der Waals surface area contributed by atoms with Gasteiger partial charge in [0.1, 0.15) is 5.49 Å². The van der Waals surface area contributed by atoms with E-state index in [0.717, 1.165) is 33.6 Å². The number of hydrogen-bond donors (Lipinski definition) is 1. The monoisotopic (exact) mass is 391 g/mol. The van der Waals surface area contributed by atoms with Crippen LogP contribution in [0.25, 0.3) is 11.3 Å². The van der Waals surface area contributed by atoms with Gasteiger partial charge in [-0.2, -0.15) is 0 Å². The van der Waals surface area contributed by atoms with Gasteiger partial charge in [-0.05, 0) is 56.0 Å². The summed E-state index contributed by atoms with van der Waals surface area (Å²) >= 11 is 0. The van der Waals surface area contributed by atoms with Crippen molar-refractivity contribution >= 4 is 5.69 Å². The van der Waals surface area contributed by atoms with E-state index in [2.05, 4.69) is 19.1 Å². The van der Waals surface area contributed by atoms with E-state index < -0.39 is 0 Å². The Morgan fingerprint density at radius 1 is 1.07 bits per heavy atom. The molecule has 0 unspecified atom stereocenters. The zero-order chi connectivity index (χ0) is 20.9. The quantitative estimate of drug-likeness (QED) is 0.729. The van der Waals surface area contributed by atoms with Gasteiger partial charge in [0.05, 0.1) is 18.5 Å². The summed E-state index contributed by atoms with van der Waals surface area (Å²) in [4.78, 5) is 17.9. The van der Waals surface area contributed by atoms with E-state index in [1.54, 1.807) is 28.3 Å². The van der Waals surface area contributed by atoms with Crippen LogP contribution in [-0.4, -0.2) is 21.4 Å². The fraction of sp³-hybridized carbons (Fsp3) is 0.304. The third-order valence-electron chi connectivity index (χ3n) is 5.57. The molecule has 0 radical (unpaired) electrons. The molecular weight excluding hydrogens is 366 g/mol. The van der Waals surface area contributed by atoms with Crippen LogP contribution in [0, 0.1) is 20.8 Å². The molecule has 1 aliphatic heterocycles. The Hall–Kier alpha value is -3.28. The van der Waals surface area contributed by atoms with Gasteiger partial charge in [-0.15, -0.1) is 0 Å². The number of hydrogen-bond acceptors (Lipinski definition) is 4. The Labute approximate surface area is 169 Å². The van der Waals surface area contributed by atoms with Crippen LogP contribution in [0.15, 0.2) is 40.1 Å². The summed E-state index contributed by atoms with van der Waals surface area (Å²) in [5.74, 6) is 0.501. The van der Waals surface area contributed by atoms with Crippen molar-refractivity contribution < 1.29 is 9.84 Å². The van der Waals surface area contributed by atoms with Crippen LogP contribution >= 0.6 is 0 Å². The summed E-state index contributed by atoms with van der Waals surface area (Å²) in [7, 11) is 3.27. The van der Waals surface area contributed by atoms with Gasteiger partial charge in [-0.3, -0.25) is 9.13 Å².